The summed E-state index contributed by atoms with van der Waals surface area (Å²) < 4.78 is 4.93. The fraction of sp³-hybridized carbons (Fsp3) is 0.0909. The van der Waals surface area contributed by atoms with E-state index in [1.54, 1.807) is 18.3 Å². The van der Waals surface area contributed by atoms with Gasteiger partial charge in [-0.25, -0.2) is 19.7 Å². The fourth-order valence-corrected chi connectivity index (χ4v) is 1.23. The number of methoxy groups -OCH3 is 1. The van der Waals surface area contributed by atoms with Crippen molar-refractivity contribution < 1.29 is 14.6 Å². The van der Waals surface area contributed by atoms with Crippen molar-refractivity contribution in [3.05, 3.63) is 36.4 Å². The van der Waals surface area contributed by atoms with Crippen LogP contribution in [0.25, 0.3) is 0 Å². The lowest BCUT2D eigenvalue weighted by Crippen LogP contribution is -2.02. The van der Waals surface area contributed by atoms with Crippen LogP contribution in [0.3, 0.4) is 0 Å². The van der Waals surface area contributed by atoms with Crippen molar-refractivity contribution in [2.45, 2.75) is 0 Å². The van der Waals surface area contributed by atoms with Crippen LogP contribution in [0, 0.1) is 0 Å². The number of nitrogens with zero attached hydrogens (tertiary/aromatic N) is 3. The summed E-state index contributed by atoms with van der Waals surface area (Å²) in [6, 6.07) is 3.46. The van der Waals surface area contributed by atoms with Gasteiger partial charge in [0, 0.05) is 6.07 Å². The van der Waals surface area contributed by atoms with Crippen molar-refractivity contribution >= 4 is 17.5 Å². The zero-order valence-electron chi connectivity index (χ0n) is 9.49. The SMILES string of the molecule is COc1ccc(Nc2cnc(C(=O)O)cn2)cn1. The van der Waals surface area contributed by atoms with Crippen LogP contribution in [-0.2, 0) is 0 Å². The third-order valence-electron chi connectivity index (χ3n) is 2.09. The van der Waals surface area contributed by atoms with Crippen molar-refractivity contribution in [2.24, 2.45) is 0 Å². The zero-order chi connectivity index (χ0) is 13.0. The van der Waals surface area contributed by atoms with Gasteiger partial charge >= 0.3 is 5.97 Å². The highest BCUT2D eigenvalue weighted by Crippen LogP contribution is 2.15. The van der Waals surface area contributed by atoms with Gasteiger partial charge in [-0.15, -0.1) is 0 Å². The van der Waals surface area contributed by atoms with E-state index in [9.17, 15) is 4.79 Å². The predicted molar refractivity (Wildman–Crippen MR) is 63.1 cm³/mol. The van der Waals surface area contributed by atoms with Crippen molar-refractivity contribution in [1.82, 2.24) is 15.0 Å². The van der Waals surface area contributed by atoms with E-state index in [1.807, 2.05) is 0 Å². The Hall–Kier alpha value is -2.70. The standard InChI is InChI=1S/C11H10N4O3/c1-18-10-3-2-7(4-14-10)15-9-6-12-8(5-13-9)11(16)17/h2-6H,1H3,(H,13,15)(H,16,17). The minimum Gasteiger partial charge on any atom is -0.481 e. The molecule has 0 aliphatic heterocycles. The average Bonchev–Trinajstić information content (AvgIpc) is 2.40. The van der Waals surface area contributed by atoms with Gasteiger partial charge in [-0.3, -0.25) is 0 Å². The van der Waals surface area contributed by atoms with E-state index in [0.29, 0.717) is 17.4 Å². The molecule has 7 nitrogen and oxygen atoms in total. The van der Waals surface area contributed by atoms with Crippen LogP contribution in [-0.4, -0.2) is 33.1 Å². The van der Waals surface area contributed by atoms with Gasteiger partial charge in [-0.2, -0.15) is 0 Å². The minimum absolute atomic E-state index is 0.103. The van der Waals surface area contributed by atoms with Gasteiger partial charge in [-0.1, -0.05) is 0 Å². The van der Waals surface area contributed by atoms with Crippen molar-refractivity contribution in [3.8, 4) is 5.88 Å². The van der Waals surface area contributed by atoms with E-state index in [1.165, 1.54) is 19.5 Å². The Morgan fingerprint density at radius 2 is 2.06 bits per heavy atom. The average molecular weight is 246 g/mol. The summed E-state index contributed by atoms with van der Waals surface area (Å²) in [5.41, 5.74) is 0.599. The first-order chi connectivity index (χ1) is 8.69. The lowest BCUT2D eigenvalue weighted by atomic mass is 10.4. The largest absolute Gasteiger partial charge is 0.481 e. The molecule has 0 aliphatic rings. The maximum atomic E-state index is 10.6. The highest BCUT2D eigenvalue weighted by Gasteiger charge is 2.05. The molecule has 0 spiro atoms. The first kappa shape index (κ1) is 11.8. The molecule has 0 radical (unpaired) electrons. The Kier molecular flexibility index (Phi) is 3.33. The molecule has 0 bridgehead atoms. The number of hydrogen-bond acceptors (Lipinski definition) is 6. The number of nitrogens with one attached hydrogen (secondary N) is 1. The molecule has 2 N–H and O–H groups in total. The summed E-state index contributed by atoms with van der Waals surface area (Å²) in [5, 5.41) is 11.6. The molecule has 7 heteroatoms. The van der Waals surface area contributed by atoms with Gasteiger partial charge in [0.25, 0.3) is 0 Å². The van der Waals surface area contributed by atoms with Crippen LogP contribution in [0.1, 0.15) is 10.5 Å². The lowest BCUT2D eigenvalue weighted by molar-refractivity contribution is 0.0690. The molecule has 0 aromatic carbocycles. The molecule has 0 atom stereocenters. The number of hydrogen-bond donors (Lipinski definition) is 2. The van der Waals surface area contributed by atoms with Crippen LogP contribution in [0.4, 0.5) is 11.5 Å². The number of ether oxygens (including phenoxy) is 1. The van der Waals surface area contributed by atoms with Gasteiger partial charge in [0.1, 0.15) is 5.82 Å². The van der Waals surface area contributed by atoms with Crippen molar-refractivity contribution in [2.75, 3.05) is 12.4 Å². The molecule has 92 valence electrons. The predicted octanol–water partition coefficient (Wildman–Crippen LogP) is 1.32. The van der Waals surface area contributed by atoms with Gasteiger partial charge in [0.05, 0.1) is 31.4 Å². The number of carbonyl (C=O) groups is 1. The Morgan fingerprint density at radius 1 is 1.22 bits per heavy atom. The summed E-state index contributed by atoms with van der Waals surface area (Å²) in [6.07, 6.45) is 4.10. The highest BCUT2D eigenvalue weighted by atomic mass is 16.5. The molecule has 0 fully saturated rings. The van der Waals surface area contributed by atoms with E-state index >= 15 is 0 Å². The first-order valence-corrected chi connectivity index (χ1v) is 5.01. The van der Waals surface area contributed by atoms with Gasteiger partial charge in [-0.05, 0) is 6.07 Å². The molecule has 2 rings (SSSR count). The van der Waals surface area contributed by atoms with E-state index in [0.717, 1.165) is 0 Å². The fourth-order valence-electron chi connectivity index (χ4n) is 1.23. The molecule has 2 aromatic heterocycles. The molecular weight excluding hydrogens is 236 g/mol. The van der Waals surface area contributed by atoms with Crippen LogP contribution in [0.15, 0.2) is 30.7 Å². The molecule has 0 unspecified atom stereocenters. The van der Waals surface area contributed by atoms with E-state index < -0.39 is 5.97 Å². The third kappa shape index (κ3) is 2.70. The van der Waals surface area contributed by atoms with E-state index in [2.05, 4.69) is 20.3 Å². The minimum atomic E-state index is -1.11. The van der Waals surface area contributed by atoms with Crippen LogP contribution in [0.5, 0.6) is 5.88 Å². The number of pyridine rings is 1. The van der Waals surface area contributed by atoms with Crippen molar-refractivity contribution in [1.29, 1.82) is 0 Å². The lowest BCUT2D eigenvalue weighted by Gasteiger charge is -2.05. The Morgan fingerprint density at radius 3 is 2.56 bits per heavy atom. The van der Waals surface area contributed by atoms with Crippen LogP contribution in [0.2, 0.25) is 0 Å². The van der Waals surface area contributed by atoms with E-state index in [4.69, 9.17) is 9.84 Å². The van der Waals surface area contributed by atoms with Gasteiger partial charge in [0.15, 0.2) is 5.69 Å². The number of carboxylic acid groups (broad SMARTS) is 1. The molecule has 0 aliphatic carbocycles. The van der Waals surface area contributed by atoms with Gasteiger partial charge in [0.2, 0.25) is 5.88 Å². The first-order valence-electron chi connectivity index (χ1n) is 5.01. The number of aromatic carboxylic acids is 1. The number of carboxylic acids is 1. The summed E-state index contributed by atoms with van der Waals surface area (Å²) >= 11 is 0. The zero-order valence-corrected chi connectivity index (χ0v) is 9.49. The summed E-state index contributed by atoms with van der Waals surface area (Å²) in [6.45, 7) is 0. The molecule has 2 aromatic rings. The second kappa shape index (κ2) is 5.09. The highest BCUT2D eigenvalue weighted by molar-refractivity contribution is 5.84. The van der Waals surface area contributed by atoms with Crippen molar-refractivity contribution in [3.63, 3.8) is 0 Å². The molecule has 0 amide bonds. The second-order valence-electron chi connectivity index (χ2n) is 3.31. The summed E-state index contributed by atoms with van der Waals surface area (Å²) in [5.74, 6) is -0.167. The molecule has 0 saturated carbocycles. The third-order valence-corrected chi connectivity index (χ3v) is 2.09. The maximum Gasteiger partial charge on any atom is 0.356 e. The van der Waals surface area contributed by atoms with E-state index in [-0.39, 0.29) is 5.69 Å². The summed E-state index contributed by atoms with van der Waals surface area (Å²) in [7, 11) is 1.53. The monoisotopic (exact) mass is 246 g/mol. The normalized spacial score (nSPS) is 9.83. The van der Waals surface area contributed by atoms with Crippen LogP contribution >= 0.6 is 0 Å². The van der Waals surface area contributed by atoms with Gasteiger partial charge < -0.3 is 15.2 Å². The number of aromatic nitrogens is 3. The maximum absolute atomic E-state index is 10.6. The topological polar surface area (TPSA) is 97.2 Å². The quantitative estimate of drug-likeness (QED) is 0.839. The Bertz CT molecular complexity index is 539. The molecule has 0 saturated heterocycles. The Labute approximate surface area is 102 Å². The van der Waals surface area contributed by atoms with Crippen LogP contribution < -0.4 is 10.1 Å². The second-order valence-corrected chi connectivity index (χ2v) is 3.31. The number of anilines is 2. The molecule has 18 heavy (non-hydrogen) atoms. The molecule has 2 heterocycles. The number of rotatable bonds is 4. The Balaban J connectivity index is 2.10. The summed E-state index contributed by atoms with van der Waals surface area (Å²) in [4.78, 5) is 22.3. The molecular formula is C11H10N4O3. The smallest absolute Gasteiger partial charge is 0.356 e.